The Morgan fingerprint density at radius 2 is 2.15 bits per heavy atom. The van der Waals surface area contributed by atoms with E-state index in [-0.39, 0.29) is 11.5 Å². The molecule has 0 aromatic carbocycles. The van der Waals surface area contributed by atoms with Crippen LogP contribution >= 0.6 is 11.3 Å². The lowest BCUT2D eigenvalue weighted by Gasteiger charge is -2.42. The number of aliphatic hydroxyl groups excluding tert-OH is 1. The molecule has 0 aliphatic heterocycles. The Labute approximate surface area is 126 Å². The van der Waals surface area contributed by atoms with Crippen LogP contribution in [0.15, 0.2) is 17.5 Å². The van der Waals surface area contributed by atoms with Gasteiger partial charge >= 0.3 is 0 Å². The first-order chi connectivity index (χ1) is 9.56. The molecule has 2 saturated carbocycles. The van der Waals surface area contributed by atoms with E-state index in [0.717, 1.165) is 19.1 Å². The summed E-state index contributed by atoms with van der Waals surface area (Å²) in [5.74, 6) is 0.458. The fraction of sp³-hybridized carbons (Fsp3) is 0.765. The molecule has 2 aliphatic carbocycles. The second-order valence-electron chi connectivity index (χ2n) is 7.33. The van der Waals surface area contributed by atoms with Crippen molar-refractivity contribution in [3.05, 3.63) is 22.4 Å². The maximum Gasteiger partial charge on any atom is 0.0631 e. The van der Waals surface area contributed by atoms with Gasteiger partial charge in [0.2, 0.25) is 0 Å². The number of aliphatic hydroxyl groups is 1. The van der Waals surface area contributed by atoms with Gasteiger partial charge in [-0.3, -0.25) is 4.90 Å². The largest absolute Gasteiger partial charge is 0.392 e. The van der Waals surface area contributed by atoms with E-state index >= 15 is 0 Å². The fourth-order valence-electron chi connectivity index (χ4n) is 3.64. The van der Waals surface area contributed by atoms with Crippen LogP contribution in [0.5, 0.6) is 0 Å². The standard InChI is InChI=1S/C17H27NOS/c1-17(2)9-3-5-13(16(17)19)11-18(14-7-8-14)12-15-6-4-10-20-15/h4,6,10,13-14,16,19H,3,5,7-9,11-12H2,1-2H3. The molecule has 0 spiro atoms. The number of hydrogen-bond acceptors (Lipinski definition) is 3. The van der Waals surface area contributed by atoms with Crippen molar-refractivity contribution in [2.24, 2.45) is 11.3 Å². The van der Waals surface area contributed by atoms with E-state index in [2.05, 4.69) is 36.3 Å². The quantitative estimate of drug-likeness (QED) is 0.890. The van der Waals surface area contributed by atoms with Crippen molar-refractivity contribution >= 4 is 11.3 Å². The third-order valence-corrected chi connectivity index (χ3v) is 5.98. The Bertz CT molecular complexity index is 424. The maximum absolute atomic E-state index is 10.6. The van der Waals surface area contributed by atoms with Crippen LogP contribution in [0, 0.1) is 11.3 Å². The van der Waals surface area contributed by atoms with E-state index in [4.69, 9.17) is 0 Å². The minimum absolute atomic E-state index is 0.0983. The van der Waals surface area contributed by atoms with Crippen molar-refractivity contribution in [3.8, 4) is 0 Å². The van der Waals surface area contributed by atoms with Crippen LogP contribution in [-0.4, -0.2) is 28.7 Å². The zero-order valence-electron chi connectivity index (χ0n) is 12.7. The highest BCUT2D eigenvalue weighted by atomic mass is 32.1. The SMILES string of the molecule is CC1(C)CCCC(CN(Cc2cccs2)C2CC2)C1O. The van der Waals surface area contributed by atoms with Gasteiger partial charge in [0.1, 0.15) is 0 Å². The molecule has 1 aromatic rings. The van der Waals surface area contributed by atoms with Gasteiger partial charge in [-0.25, -0.2) is 0 Å². The van der Waals surface area contributed by atoms with Gasteiger partial charge in [0, 0.05) is 24.0 Å². The summed E-state index contributed by atoms with van der Waals surface area (Å²) in [6.07, 6.45) is 6.18. The average molecular weight is 293 g/mol. The van der Waals surface area contributed by atoms with Gasteiger partial charge in [-0.1, -0.05) is 26.3 Å². The van der Waals surface area contributed by atoms with Crippen molar-refractivity contribution in [2.45, 2.75) is 64.6 Å². The van der Waals surface area contributed by atoms with E-state index in [0.29, 0.717) is 5.92 Å². The topological polar surface area (TPSA) is 23.5 Å². The lowest BCUT2D eigenvalue weighted by atomic mass is 9.69. The summed E-state index contributed by atoms with van der Waals surface area (Å²) < 4.78 is 0. The van der Waals surface area contributed by atoms with Gasteiger partial charge in [0.15, 0.2) is 0 Å². The molecule has 0 radical (unpaired) electrons. The van der Waals surface area contributed by atoms with Crippen molar-refractivity contribution in [2.75, 3.05) is 6.54 Å². The summed E-state index contributed by atoms with van der Waals surface area (Å²) in [7, 11) is 0. The van der Waals surface area contributed by atoms with Crippen LogP contribution in [0.3, 0.4) is 0 Å². The molecule has 2 aliphatic rings. The van der Waals surface area contributed by atoms with Crippen molar-refractivity contribution in [3.63, 3.8) is 0 Å². The van der Waals surface area contributed by atoms with E-state index in [9.17, 15) is 5.11 Å². The van der Waals surface area contributed by atoms with E-state index in [1.807, 2.05) is 11.3 Å². The smallest absolute Gasteiger partial charge is 0.0631 e. The van der Waals surface area contributed by atoms with Crippen LogP contribution in [0.2, 0.25) is 0 Å². The molecule has 2 unspecified atom stereocenters. The molecular weight excluding hydrogens is 266 g/mol. The van der Waals surface area contributed by atoms with Crippen LogP contribution in [0.4, 0.5) is 0 Å². The van der Waals surface area contributed by atoms with Gasteiger partial charge in [0.25, 0.3) is 0 Å². The summed E-state index contributed by atoms with van der Waals surface area (Å²) in [4.78, 5) is 4.09. The molecule has 2 fully saturated rings. The third kappa shape index (κ3) is 3.26. The van der Waals surface area contributed by atoms with Crippen molar-refractivity contribution in [1.82, 2.24) is 4.90 Å². The van der Waals surface area contributed by atoms with Crippen molar-refractivity contribution < 1.29 is 5.11 Å². The predicted octanol–water partition coefficient (Wildman–Crippen LogP) is 3.90. The minimum atomic E-state index is -0.138. The Kier molecular flexibility index (Phi) is 4.21. The summed E-state index contributed by atoms with van der Waals surface area (Å²) in [5, 5.41) is 12.8. The second-order valence-corrected chi connectivity index (χ2v) is 8.36. The highest BCUT2D eigenvalue weighted by Gasteiger charge is 2.40. The molecule has 2 nitrogen and oxygen atoms in total. The zero-order chi connectivity index (χ0) is 14.2. The maximum atomic E-state index is 10.6. The highest BCUT2D eigenvalue weighted by Crippen LogP contribution is 2.40. The van der Waals surface area contributed by atoms with Gasteiger partial charge in [-0.2, -0.15) is 0 Å². The minimum Gasteiger partial charge on any atom is -0.392 e. The Balaban J connectivity index is 1.64. The van der Waals surface area contributed by atoms with Crippen LogP contribution in [0.1, 0.15) is 50.8 Å². The van der Waals surface area contributed by atoms with E-state index in [1.165, 1.54) is 37.0 Å². The number of rotatable bonds is 5. The molecule has 0 saturated heterocycles. The molecule has 20 heavy (non-hydrogen) atoms. The Morgan fingerprint density at radius 1 is 1.35 bits per heavy atom. The van der Waals surface area contributed by atoms with Gasteiger partial charge in [0.05, 0.1) is 6.10 Å². The summed E-state index contributed by atoms with van der Waals surface area (Å²) in [6, 6.07) is 5.15. The summed E-state index contributed by atoms with van der Waals surface area (Å²) in [5.41, 5.74) is 0.0983. The number of nitrogens with zero attached hydrogens (tertiary/aromatic N) is 1. The zero-order valence-corrected chi connectivity index (χ0v) is 13.5. The van der Waals surface area contributed by atoms with Crippen molar-refractivity contribution in [1.29, 1.82) is 0 Å². The first-order valence-electron chi connectivity index (χ1n) is 8.01. The van der Waals surface area contributed by atoms with Crippen LogP contribution in [0.25, 0.3) is 0 Å². The van der Waals surface area contributed by atoms with Gasteiger partial charge in [-0.05, 0) is 48.5 Å². The van der Waals surface area contributed by atoms with E-state index < -0.39 is 0 Å². The molecule has 112 valence electrons. The molecule has 0 amide bonds. The lowest BCUT2D eigenvalue weighted by molar-refractivity contribution is -0.0444. The first kappa shape index (κ1) is 14.6. The molecule has 1 N–H and O–H groups in total. The monoisotopic (exact) mass is 293 g/mol. The van der Waals surface area contributed by atoms with Gasteiger partial charge in [-0.15, -0.1) is 11.3 Å². The highest BCUT2D eigenvalue weighted by molar-refractivity contribution is 7.09. The fourth-order valence-corrected chi connectivity index (χ4v) is 4.37. The molecule has 0 bridgehead atoms. The Hall–Kier alpha value is -0.380. The summed E-state index contributed by atoms with van der Waals surface area (Å²) >= 11 is 1.85. The summed E-state index contributed by atoms with van der Waals surface area (Å²) in [6.45, 7) is 6.61. The van der Waals surface area contributed by atoms with E-state index in [1.54, 1.807) is 0 Å². The third-order valence-electron chi connectivity index (χ3n) is 5.11. The molecule has 3 heteroatoms. The normalized spacial score (nSPS) is 29.8. The molecule has 3 rings (SSSR count). The number of thiophene rings is 1. The number of hydrogen-bond donors (Lipinski definition) is 1. The Morgan fingerprint density at radius 3 is 2.80 bits per heavy atom. The average Bonchev–Trinajstić information content (AvgIpc) is 3.13. The van der Waals surface area contributed by atoms with Gasteiger partial charge < -0.3 is 5.11 Å². The first-order valence-corrected chi connectivity index (χ1v) is 8.89. The molecule has 1 heterocycles. The van der Waals surface area contributed by atoms with Crippen LogP contribution in [-0.2, 0) is 6.54 Å². The molecular formula is C17H27NOS. The predicted molar refractivity (Wildman–Crippen MR) is 84.9 cm³/mol. The lowest BCUT2D eigenvalue weighted by Crippen LogP contribution is -2.45. The molecule has 2 atom stereocenters. The molecule has 1 aromatic heterocycles. The van der Waals surface area contributed by atoms with Crippen LogP contribution < -0.4 is 0 Å². The second kappa shape index (κ2) is 5.78.